The molecule has 0 amide bonds. The van der Waals surface area contributed by atoms with E-state index < -0.39 is 0 Å². The van der Waals surface area contributed by atoms with Crippen molar-refractivity contribution in [2.24, 2.45) is 0 Å². The second-order valence-corrected chi connectivity index (χ2v) is 4.48. The Morgan fingerprint density at radius 1 is 1.22 bits per heavy atom. The number of nitriles is 1. The Labute approximate surface area is 106 Å². The van der Waals surface area contributed by atoms with Crippen molar-refractivity contribution in [2.45, 2.75) is 19.8 Å². The molecule has 2 aromatic rings. The average Bonchev–Trinajstić information content (AvgIpc) is 2.38. The molecule has 0 aliphatic rings. The molecule has 0 bridgehead atoms. The third kappa shape index (κ3) is 2.18. The molecule has 0 spiro atoms. The number of aromatic amines is 1. The first-order valence-corrected chi connectivity index (χ1v) is 5.86. The van der Waals surface area contributed by atoms with Crippen molar-refractivity contribution >= 4 is 0 Å². The van der Waals surface area contributed by atoms with Crippen LogP contribution in [0.15, 0.2) is 41.2 Å². The van der Waals surface area contributed by atoms with E-state index in [-0.39, 0.29) is 17.0 Å². The maximum absolute atomic E-state index is 11.9. The van der Waals surface area contributed by atoms with Gasteiger partial charge >= 0.3 is 0 Å². The van der Waals surface area contributed by atoms with Crippen LogP contribution < -0.4 is 5.56 Å². The molecule has 3 heteroatoms. The van der Waals surface area contributed by atoms with Crippen LogP contribution in [0.3, 0.4) is 0 Å². The second kappa shape index (κ2) is 4.89. The summed E-state index contributed by atoms with van der Waals surface area (Å²) in [5.74, 6) is 0.143. The Kier molecular flexibility index (Phi) is 3.29. The molecular formula is C15H14N2O. The van der Waals surface area contributed by atoms with E-state index in [1.807, 2.05) is 56.3 Å². The first kappa shape index (κ1) is 12.1. The summed E-state index contributed by atoms with van der Waals surface area (Å²) in [5, 5.41) is 9.04. The number of H-pyrrole nitrogens is 1. The van der Waals surface area contributed by atoms with Crippen LogP contribution >= 0.6 is 0 Å². The van der Waals surface area contributed by atoms with Crippen LogP contribution in [0.2, 0.25) is 0 Å². The van der Waals surface area contributed by atoms with Crippen molar-refractivity contribution in [1.29, 1.82) is 5.26 Å². The normalized spacial score (nSPS) is 10.3. The van der Waals surface area contributed by atoms with Gasteiger partial charge in [-0.3, -0.25) is 4.79 Å². The van der Waals surface area contributed by atoms with Gasteiger partial charge in [-0.2, -0.15) is 5.26 Å². The van der Waals surface area contributed by atoms with Crippen molar-refractivity contribution in [2.75, 3.05) is 0 Å². The summed E-state index contributed by atoms with van der Waals surface area (Å²) in [6.07, 6.45) is 0. The smallest absolute Gasteiger partial charge is 0.266 e. The zero-order valence-corrected chi connectivity index (χ0v) is 10.4. The third-order valence-corrected chi connectivity index (χ3v) is 2.88. The molecule has 0 unspecified atom stereocenters. The van der Waals surface area contributed by atoms with Gasteiger partial charge in [0.1, 0.15) is 11.6 Å². The van der Waals surface area contributed by atoms with E-state index in [9.17, 15) is 4.79 Å². The second-order valence-electron chi connectivity index (χ2n) is 4.48. The summed E-state index contributed by atoms with van der Waals surface area (Å²) in [6.45, 7) is 3.95. The van der Waals surface area contributed by atoms with E-state index in [1.165, 1.54) is 0 Å². The van der Waals surface area contributed by atoms with Gasteiger partial charge in [-0.05, 0) is 23.1 Å². The highest BCUT2D eigenvalue weighted by Gasteiger charge is 2.12. The van der Waals surface area contributed by atoms with Crippen molar-refractivity contribution < 1.29 is 0 Å². The fourth-order valence-electron chi connectivity index (χ4n) is 1.92. The van der Waals surface area contributed by atoms with Gasteiger partial charge in [-0.15, -0.1) is 0 Å². The maximum Gasteiger partial charge on any atom is 0.266 e. The number of aromatic nitrogens is 1. The van der Waals surface area contributed by atoms with Crippen LogP contribution in [0.4, 0.5) is 0 Å². The quantitative estimate of drug-likeness (QED) is 0.874. The van der Waals surface area contributed by atoms with E-state index in [4.69, 9.17) is 5.26 Å². The molecule has 0 aliphatic carbocycles. The molecule has 1 heterocycles. The SMILES string of the molecule is CC(C)c1cc(-c2ccccc2)[nH]c(=O)c1C#N. The third-order valence-electron chi connectivity index (χ3n) is 2.88. The van der Waals surface area contributed by atoms with E-state index in [2.05, 4.69) is 4.98 Å². The summed E-state index contributed by atoms with van der Waals surface area (Å²) >= 11 is 0. The van der Waals surface area contributed by atoms with E-state index in [1.54, 1.807) is 0 Å². The van der Waals surface area contributed by atoms with Crippen molar-refractivity contribution in [3.8, 4) is 17.3 Å². The fraction of sp³-hybridized carbons (Fsp3) is 0.200. The van der Waals surface area contributed by atoms with Gasteiger partial charge in [0.15, 0.2) is 0 Å². The Bertz CT molecular complexity index is 648. The van der Waals surface area contributed by atoms with Gasteiger partial charge in [0.05, 0.1) is 0 Å². The lowest BCUT2D eigenvalue weighted by atomic mass is 9.97. The van der Waals surface area contributed by atoms with Crippen molar-refractivity contribution in [1.82, 2.24) is 4.98 Å². The number of nitrogens with one attached hydrogen (secondary N) is 1. The van der Waals surface area contributed by atoms with Gasteiger partial charge in [-0.1, -0.05) is 44.2 Å². The van der Waals surface area contributed by atoms with Gasteiger partial charge in [0.25, 0.3) is 5.56 Å². The van der Waals surface area contributed by atoms with Crippen LogP contribution in [0.1, 0.15) is 30.9 Å². The van der Waals surface area contributed by atoms with Gasteiger partial charge in [0.2, 0.25) is 0 Å². The lowest BCUT2D eigenvalue weighted by Crippen LogP contribution is -2.15. The first-order chi connectivity index (χ1) is 8.63. The molecule has 1 N–H and O–H groups in total. The fourth-order valence-corrected chi connectivity index (χ4v) is 1.92. The topological polar surface area (TPSA) is 56.6 Å². The van der Waals surface area contributed by atoms with Crippen LogP contribution in [-0.2, 0) is 0 Å². The molecule has 0 fully saturated rings. The summed E-state index contributed by atoms with van der Waals surface area (Å²) < 4.78 is 0. The molecular weight excluding hydrogens is 224 g/mol. The minimum absolute atomic E-state index is 0.143. The predicted octanol–water partition coefficient (Wildman–Crippen LogP) is 3.04. The largest absolute Gasteiger partial charge is 0.321 e. The number of pyridine rings is 1. The minimum atomic E-state index is -0.317. The van der Waals surface area contributed by atoms with E-state index in [0.717, 1.165) is 16.8 Å². The molecule has 0 radical (unpaired) electrons. The van der Waals surface area contributed by atoms with Crippen molar-refractivity contribution in [3.63, 3.8) is 0 Å². The highest BCUT2D eigenvalue weighted by Crippen LogP contribution is 2.22. The Morgan fingerprint density at radius 3 is 2.44 bits per heavy atom. The van der Waals surface area contributed by atoms with Gasteiger partial charge in [-0.25, -0.2) is 0 Å². The Morgan fingerprint density at radius 2 is 1.89 bits per heavy atom. The zero-order chi connectivity index (χ0) is 13.1. The lowest BCUT2D eigenvalue weighted by Gasteiger charge is -2.10. The summed E-state index contributed by atoms with van der Waals surface area (Å²) in [4.78, 5) is 14.7. The number of benzene rings is 1. The molecule has 0 saturated heterocycles. The summed E-state index contributed by atoms with van der Waals surface area (Å²) in [5.41, 5.74) is 2.39. The number of hydrogen-bond donors (Lipinski definition) is 1. The van der Waals surface area contributed by atoms with Crippen LogP contribution in [0, 0.1) is 11.3 Å². The Hall–Kier alpha value is -2.34. The molecule has 1 aromatic heterocycles. The highest BCUT2D eigenvalue weighted by molar-refractivity contribution is 5.61. The number of rotatable bonds is 2. The molecule has 1 aromatic carbocycles. The van der Waals surface area contributed by atoms with Crippen LogP contribution in [0.25, 0.3) is 11.3 Å². The summed E-state index contributed by atoms with van der Waals surface area (Å²) in [7, 11) is 0. The molecule has 0 atom stereocenters. The molecule has 2 rings (SSSR count). The summed E-state index contributed by atoms with van der Waals surface area (Å²) in [6, 6.07) is 13.5. The monoisotopic (exact) mass is 238 g/mol. The minimum Gasteiger partial charge on any atom is -0.321 e. The Balaban J connectivity index is 2.67. The standard InChI is InChI=1S/C15H14N2O/c1-10(2)12-8-14(11-6-4-3-5-7-11)17-15(18)13(12)9-16/h3-8,10H,1-2H3,(H,17,18). The highest BCUT2D eigenvalue weighted by atomic mass is 16.1. The molecule has 90 valence electrons. The van der Waals surface area contributed by atoms with Gasteiger partial charge < -0.3 is 4.98 Å². The number of nitrogens with zero attached hydrogens (tertiary/aromatic N) is 1. The predicted molar refractivity (Wildman–Crippen MR) is 71.3 cm³/mol. The molecule has 0 saturated carbocycles. The van der Waals surface area contributed by atoms with E-state index in [0.29, 0.717) is 0 Å². The number of hydrogen-bond acceptors (Lipinski definition) is 2. The molecule has 0 aliphatic heterocycles. The maximum atomic E-state index is 11.9. The average molecular weight is 238 g/mol. The molecule has 3 nitrogen and oxygen atoms in total. The first-order valence-electron chi connectivity index (χ1n) is 5.86. The van der Waals surface area contributed by atoms with Gasteiger partial charge in [0, 0.05) is 5.69 Å². The van der Waals surface area contributed by atoms with E-state index >= 15 is 0 Å². The zero-order valence-electron chi connectivity index (χ0n) is 10.4. The van der Waals surface area contributed by atoms with Crippen LogP contribution in [0.5, 0.6) is 0 Å². The van der Waals surface area contributed by atoms with Crippen molar-refractivity contribution in [3.05, 3.63) is 57.9 Å². The molecule has 18 heavy (non-hydrogen) atoms. The van der Waals surface area contributed by atoms with Crippen LogP contribution in [-0.4, -0.2) is 4.98 Å². The lowest BCUT2D eigenvalue weighted by molar-refractivity contribution is 0.855.